The highest BCUT2D eigenvalue weighted by Crippen LogP contribution is 2.36. The maximum atomic E-state index is 13.1. The summed E-state index contributed by atoms with van der Waals surface area (Å²) in [7, 11) is -1.47. The van der Waals surface area contributed by atoms with Gasteiger partial charge in [-0.05, 0) is 78.5 Å². The lowest BCUT2D eigenvalue weighted by Gasteiger charge is -2.44. The topological polar surface area (TPSA) is 50.2 Å². The molecule has 4 rings (SSSR count). The first-order valence-corrected chi connectivity index (χ1v) is 15.8. The van der Waals surface area contributed by atoms with E-state index in [1.54, 1.807) is 12.3 Å². The molecule has 1 aromatic heterocycles. The number of thiol groups is 1. The molecule has 0 radical (unpaired) electrons. The monoisotopic (exact) mass is 508 g/mol. The van der Waals surface area contributed by atoms with E-state index in [1.165, 1.54) is 11.3 Å². The Bertz CT molecular complexity index is 1460. The standard InChI is InChI=1S/C29H28N4OSSi/c1-5-6-7-8-9-18-33-26-15-14-24(20-22(26)13-16-27(33)36(2,3)4)31-28(34)23-11-10-12-25(21-23)32-19-17-30-29(32)35/h1,10-12,14-15,17,19-21,27H,13,16,18H2,2-4H3,(H,30,35)(H,31,34). The van der Waals surface area contributed by atoms with Crippen LogP contribution in [-0.2, 0) is 6.42 Å². The Morgan fingerprint density at radius 1 is 1.19 bits per heavy atom. The van der Waals surface area contributed by atoms with Crippen molar-refractivity contribution < 1.29 is 4.79 Å². The van der Waals surface area contributed by atoms with Gasteiger partial charge in [0.2, 0.25) is 0 Å². The van der Waals surface area contributed by atoms with Gasteiger partial charge in [0.15, 0.2) is 5.16 Å². The number of aryl methyl sites for hydroxylation is 1. The number of rotatable bonds is 5. The first-order valence-electron chi connectivity index (χ1n) is 11.7. The van der Waals surface area contributed by atoms with Crippen LogP contribution in [0.1, 0.15) is 22.3 Å². The molecule has 1 aliphatic rings. The average molecular weight is 509 g/mol. The lowest BCUT2D eigenvalue weighted by atomic mass is 10.0. The van der Waals surface area contributed by atoms with Crippen molar-refractivity contribution in [3.63, 3.8) is 0 Å². The molecule has 180 valence electrons. The zero-order valence-electron chi connectivity index (χ0n) is 20.7. The maximum absolute atomic E-state index is 13.1. The van der Waals surface area contributed by atoms with E-state index in [-0.39, 0.29) is 5.91 Å². The molecule has 1 atom stereocenters. The van der Waals surface area contributed by atoms with Crippen LogP contribution < -0.4 is 10.2 Å². The van der Waals surface area contributed by atoms with Crippen LogP contribution in [0.4, 0.5) is 11.4 Å². The van der Waals surface area contributed by atoms with Crippen molar-refractivity contribution in [2.24, 2.45) is 0 Å². The van der Waals surface area contributed by atoms with Crippen molar-refractivity contribution >= 4 is 38.0 Å². The summed E-state index contributed by atoms with van der Waals surface area (Å²) in [6.45, 7) is 7.78. The van der Waals surface area contributed by atoms with E-state index >= 15 is 0 Å². The number of aromatic nitrogens is 2. The van der Waals surface area contributed by atoms with Gasteiger partial charge in [-0.2, -0.15) is 0 Å². The molecule has 36 heavy (non-hydrogen) atoms. The molecule has 0 saturated carbocycles. The summed E-state index contributed by atoms with van der Waals surface area (Å²) in [5, 5.41) is 3.63. The normalized spacial score (nSPS) is 14.4. The summed E-state index contributed by atoms with van der Waals surface area (Å²) in [5.41, 5.74) is 5.04. The van der Waals surface area contributed by atoms with Crippen molar-refractivity contribution in [2.45, 2.75) is 43.3 Å². The molecule has 0 spiro atoms. The zero-order valence-corrected chi connectivity index (χ0v) is 22.6. The molecule has 0 saturated heterocycles. The van der Waals surface area contributed by atoms with E-state index < -0.39 is 8.07 Å². The molecular weight excluding hydrogens is 480 g/mol. The number of carbonyl (C=O) groups is 1. The smallest absolute Gasteiger partial charge is 0.255 e. The number of anilines is 2. The van der Waals surface area contributed by atoms with Crippen molar-refractivity contribution in [2.75, 3.05) is 16.8 Å². The maximum Gasteiger partial charge on any atom is 0.255 e. The van der Waals surface area contributed by atoms with Crippen LogP contribution >= 0.6 is 12.6 Å². The fourth-order valence-corrected chi connectivity index (χ4v) is 7.01. The number of terminal acetylenes is 1. The minimum absolute atomic E-state index is 0.164. The van der Waals surface area contributed by atoms with Crippen molar-refractivity contribution in [3.05, 3.63) is 66.0 Å². The quantitative estimate of drug-likeness (QED) is 0.288. The SMILES string of the molecule is C#CC#CC#CCN1c2ccc(NC(=O)c3cccc(-n4ccnc4S)c3)cc2CCC1[Si](C)(C)C. The molecule has 2 heterocycles. The molecule has 0 fully saturated rings. The Morgan fingerprint density at radius 3 is 2.75 bits per heavy atom. The summed E-state index contributed by atoms with van der Waals surface area (Å²) in [5.74, 6) is 13.4. The van der Waals surface area contributed by atoms with E-state index in [0.717, 1.165) is 24.2 Å². The number of hydrogen-bond donors (Lipinski definition) is 2. The Labute approximate surface area is 219 Å². The number of fused-ring (bicyclic) bond motifs is 1. The number of carbonyl (C=O) groups excluding carboxylic acids is 1. The van der Waals surface area contributed by atoms with Crippen LogP contribution in [0.25, 0.3) is 5.69 Å². The van der Waals surface area contributed by atoms with Gasteiger partial charge >= 0.3 is 0 Å². The van der Waals surface area contributed by atoms with Gasteiger partial charge in [0.05, 0.1) is 14.6 Å². The third-order valence-corrected chi connectivity index (χ3v) is 9.18. The van der Waals surface area contributed by atoms with Gasteiger partial charge in [-0.25, -0.2) is 4.98 Å². The van der Waals surface area contributed by atoms with Gasteiger partial charge < -0.3 is 10.2 Å². The second-order valence-electron chi connectivity index (χ2n) is 9.69. The van der Waals surface area contributed by atoms with Crippen LogP contribution in [0.15, 0.2) is 60.0 Å². The molecule has 2 aromatic carbocycles. The van der Waals surface area contributed by atoms with Crippen LogP contribution in [0.2, 0.25) is 19.6 Å². The molecule has 7 heteroatoms. The fraction of sp³-hybridized carbons (Fsp3) is 0.241. The molecule has 0 aliphatic carbocycles. The number of hydrogen-bond acceptors (Lipinski definition) is 4. The molecule has 3 aromatic rings. The second kappa shape index (κ2) is 10.8. The molecule has 5 nitrogen and oxygen atoms in total. The number of benzene rings is 2. The summed E-state index contributed by atoms with van der Waals surface area (Å²) in [6, 6.07) is 13.5. The van der Waals surface area contributed by atoms with E-state index in [9.17, 15) is 4.79 Å². The highest BCUT2D eigenvalue weighted by molar-refractivity contribution is 7.80. The number of nitrogens with zero attached hydrogens (tertiary/aromatic N) is 3. The first kappa shape index (κ1) is 25.3. The first-order chi connectivity index (χ1) is 17.3. The highest BCUT2D eigenvalue weighted by Gasteiger charge is 2.35. The zero-order chi connectivity index (χ0) is 25.7. The molecule has 1 amide bonds. The fourth-order valence-electron chi connectivity index (χ4n) is 4.59. The lowest BCUT2D eigenvalue weighted by Crippen LogP contribution is -2.53. The molecular formula is C29H28N4OSSi. The van der Waals surface area contributed by atoms with Crippen LogP contribution in [0, 0.1) is 36.0 Å². The van der Waals surface area contributed by atoms with E-state index in [2.05, 4.69) is 89.2 Å². The highest BCUT2D eigenvalue weighted by atomic mass is 32.1. The van der Waals surface area contributed by atoms with Crippen molar-refractivity contribution in [1.29, 1.82) is 0 Å². The largest absolute Gasteiger partial charge is 0.360 e. The minimum atomic E-state index is -1.47. The third kappa shape index (κ3) is 5.69. The van der Waals surface area contributed by atoms with Crippen LogP contribution in [0.5, 0.6) is 0 Å². The summed E-state index contributed by atoms with van der Waals surface area (Å²) < 4.78 is 1.82. The predicted octanol–water partition coefficient (Wildman–Crippen LogP) is 5.05. The summed E-state index contributed by atoms with van der Waals surface area (Å²) in [4.78, 5) is 19.6. The van der Waals surface area contributed by atoms with E-state index in [1.807, 2.05) is 35.0 Å². The Balaban J connectivity index is 1.56. The second-order valence-corrected chi connectivity index (χ2v) is 15.5. The van der Waals surface area contributed by atoms with Gasteiger partial charge in [0.1, 0.15) is 0 Å². The summed E-state index contributed by atoms with van der Waals surface area (Å²) in [6.07, 6.45) is 10.7. The lowest BCUT2D eigenvalue weighted by molar-refractivity contribution is 0.102. The van der Waals surface area contributed by atoms with E-state index in [0.29, 0.717) is 22.9 Å². The van der Waals surface area contributed by atoms with Gasteiger partial charge in [0.25, 0.3) is 5.91 Å². The van der Waals surface area contributed by atoms with Crippen LogP contribution in [-0.4, -0.2) is 35.7 Å². The van der Waals surface area contributed by atoms with Gasteiger partial charge in [0, 0.05) is 40.7 Å². The predicted molar refractivity (Wildman–Crippen MR) is 152 cm³/mol. The molecule has 1 N–H and O–H groups in total. The van der Waals surface area contributed by atoms with Gasteiger partial charge in [-0.1, -0.05) is 31.6 Å². The minimum Gasteiger partial charge on any atom is -0.360 e. The van der Waals surface area contributed by atoms with Crippen molar-refractivity contribution in [1.82, 2.24) is 9.55 Å². The molecule has 1 aliphatic heterocycles. The number of imidazole rings is 1. The van der Waals surface area contributed by atoms with Gasteiger partial charge in [-0.3, -0.25) is 9.36 Å². The third-order valence-electron chi connectivity index (χ3n) is 6.25. The number of amides is 1. The Kier molecular flexibility index (Phi) is 7.60. The summed E-state index contributed by atoms with van der Waals surface area (Å²) >= 11 is 4.37. The van der Waals surface area contributed by atoms with E-state index in [4.69, 9.17) is 6.42 Å². The van der Waals surface area contributed by atoms with Crippen molar-refractivity contribution in [3.8, 4) is 41.7 Å². The average Bonchev–Trinajstić information content (AvgIpc) is 3.29. The molecule has 0 bridgehead atoms. The Morgan fingerprint density at radius 2 is 2.03 bits per heavy atom. The van der Waals surface area contributed by atoms with Gasteiger partial charge in [-0.15, -0.1) is 19.1 Å². The van der Waals surface area contributed by atoms with Crippen LogP contribution in [0.3, 0.4) is 0 Å². The number of nitrogens with one attached hydrogen (secondary N) is 1. The molecule has 1 unspecified atom stereocenters. The Hall–Kier alpha value is -3.83.